The maximum atomic E-state index is 11.3. The van der Waals surface area contributed by atoms with Crippen molar-refractivity contribution in [2.75, 3.05) is 7.11 Å². The van der Waals surface area contributed by atoms with E-state index in [1.165, 1.54) is 18.0 Å². The number of methoxy groups -OCH3 is 1. The summed E-state index contributed by atoms with van der Waals surface area (Å²) in [5, 5.41) is 4.01. The summed E-state index contributed by atoms with van der Waals surface area (Å²) in [5.41, 5.74) is 0.0967. The predicted molar refractivity (Wildman–Crippen MR) is 54.0 cm³/mol. The lowest BCUT2D eigenvalue weighted by atomic mass is 10.1. The maximum Gasteiger partial charge on any atom is 0.341 e. The largest absolute Gasteiger partial charge is 0.465 e. The number of aldehydes is 1. The van der Waals surface area contributed by atoms with Crippen LogP contribution < -0.4 is 0 Å². The number of esters is 1. The van der Waals surface area contributed by atoms with E-state index in [1.54, 1.807) is 0 Å². The Balaban J connectivity index is 3.29. The molecule has 1 aromatic heterocycles. The second-order valence-electron chi connectivity index (χ2n) is 4.14. The van der Waals surface area contributed by atoms with Crippen molar-refractivity contribution in [2.45, 2.75) is 26.3 Å². The summed E-state index contributed by atoms with van der Waals surface area (Å²) in [7, 11) is 1.27. The molecular formula is C10H14N2O3. The molecule has 1 rings (SSSR count). The molecule has 0 spiro atoms. The van der Waals surface area contributed by atoms with Crippen molar-refractivity contribution < 1.29 is 14.3 Å². The minimum atomic E-state index is -0.549. The average molecular weight is 210 g/mol. The third-order valence-corrected chi connectivity index (χ3v) is 1.96. The van der Waals surface area contributed by atoms with Crippen molar-refractivity contribution in [3.05, 3.63) is 17.5 Å². The summed E-state index contributed by atoms with van der Waals surface area (Å²) in [5.74, 6) is -0.549. The first kappa shape index (κ1) is 11.4. The third-order valence-electron chi connectivity index (χ3n) is 1.96. The lowest BCUT2D eigenvalue weighted by Crippen LogP contribution is -2.25. The number of rotatable bonds is 2. The normalized spacial score (nSPS) is 11.2. The van der Waals surface area contributed by atoms with Crippen molar-refractivity contribution in [2.24, 2.45) is 0 Å². The molecule has 0 saturated carbocycles. The first-order valence-electron chi connectivity index (χ1n) is 4.53. The van der Waals surface area contributed by atoms with Crippen LogP contribution in [0, 0.1) is 0 Å². The molecule has 1 heterocycles. The zero-order chi connectivity index (χ0) is 11.6. The van der Waals surface area contributed by atoms with Crippen LogP contribution in [0.2, 0.25) is 0 Å². The van der Waals surface area contributed by atoms with E-state index in [2.05, 4.69) is 9.84 Å². The average Bonchev–Trinajstić information content (AvgIpc) is 2.59. The van der Waals surface area contributed by atoms with Gasteiger partial charge in [-0.05, 0) is 20.8 Å². The van der Waals surface area contributed by atoms with Crippen LogP contribution in [-0.4, -0.2) is 29.1 Å². The molecule has 0 bridgehead atoms. The Kier molecular flexibility index (Phi) is 2.93. The number of hydrogen-bond acceptors (Lipinski definition) is 4. The maximum absolute atomic E-state index is 11.3. The van der Waals surface area contributed by atoms with Gasteiger partial charge in [0.15, 0.2) is 6.29 Å². The van der Waals surface area contributed by atoms with Crippen LogP contribution in [0.1, 0.15) is 41.6 Å². The molecule has 0 unspecified atom stereocenters. The summed E-state index contributed by atoms with van der Waals surface area (Å²) in [6, 6.07) is 0. The lowest BCUT2D eigenvalue weighted by molar-refractivity contribution is 0.0598. The van der Waals surface area contributed by atoms with Crippen LogP contribution in [0.3, 0.4) is 0 Å². The van der Waals surface area contributed by atoms with Crippen molar-refractivity contribution in [1.29, 1.82) is 0 Å². The van der Waals surface area contributed by atoms with Gasteiger partial charge in [-0.2, -0.15) is 5.10 Å². The fraction of sp³-hybridized carbons (Fsp3) is 0.500. The molecule has 5 heteroatoms. The monoisotopic (exact) mass is 210 g/mol. The van der Waals surface area contributed by atoms with Crippen molar-refractivity contribution >= 4 is 12.3 Å². The topological polar surface area (TPSA) is 61.2 Å². The molecule has 0 atom stereocenters. The van der Waals surface area contributed by atoms with Gasteiger partial charge in [0.05, 0.1) is 18.8 Å². The molecule has 0 amide bonds. The Morgan fingerprint density at radius 3 is 2.53 bits per heavy atom. The first-order chi connectivity index (χ1) is 6.91. The number of aromatic nitrogens is 2. The van der Waals surface area contributed by atoms with Gasteiger partial charge in [0.25, 0.3) is 0 Å². The van der Waals surface area contributed by atoms with Crippen LogP contribution in [0.5, 0.6) is 0 Å². The van der Waals surface area contributed by atoms with Gasteiger partial charge in [-0.15, -0.1) is 0 Å². The van der Waals surface area contributed by atoms with Crippen molar-refractivity contribution in [3.63, 3.8) is 0 Å². The van der Waals surface area contributed by atoms with Gasteiger partial charge in [-0.1, -0.05) is 0 Å². The number of carbonyl (C=O) groups is 2. The number of nitrogens with zero attached hydrogens (tertiary/aromatic N) is 2. The molecule has 0 aromatic carbocycles. The van der Waals surface area contributed by atoms with E-state index in [9.17, 15) is 9.59 Å². The summed E-state index contributed by atoms with van der Waals surface area (Å²) >= 11 is 0. The van der Waals surface area contributed by atoms with Crippen LogP contribution in [0.25, 0.3) is 0 Å². The Labute approximate surface area is 88.0 Å². The molecule has 15 heavy (non-hydrogen) atoms. The van der Waals surface area contributed by atoms with Crippen LogP contribution in [0.4, 0.5) is 0 Å². The zero-order valence-electron chi connectivity index (χ0n) is 9.27. The molecule has 0 aliphatic heterocycles. The smallest absolute Gasteiger partial charge is 0.341 e. The van der Waals surface area contributed by atoms with E-state index < -0.39 is 5.97 Å². The molecule has 1 aromatic rings. The second kappa shape index (κ2) is 3.84. The van der Waals surface area contributed by atoms with Gasteiger partial charge in [-0.25, -0.2) is 4.79 Å². The fourth-order valence-corrected chi connectivity index (χ4v) is 1.27. The minimum Gasteiger partial charge on any atom is -0.465 e. The van der Waals surface area contributed by atoms with Gasteiger partial charge >= 0.3 is 5.97 Å². The van der Waals surface area contributed by atoms with Gasteiger partial charge in [-0.3, -0.25) is 9.48 Å². The lowest BCUT2D eigenvalue weighted by Gasteiger charge is -2.20. The van der Waals surface area contributed by atoms with E-state index in [-0.39, 0.29) is 16.8 Å². The third kappa shape index (κ3) is 2.06. The standard InChI is InChI=1S/C10H14N2O3/c1-10(2,3)12-8(6-13)7(5-11-12)9(14)15-4/h5-6H,1-4H3. The second-order valence-corrected chi connectivity index (χ2v) is 4.14. The quantitative estimate of drug-likeness (QED) is 0.544. The summed E-state index contributed by atoms with van der Waals surface area (Å²) in [4.78, 5) is 22.2. The van der Waals surface area contributed by atoms with E-state index >= 15 is 0 Å². The Hall–Kier alpha value is -1.65. The summed E-state index contributed by atoms with van der Waals surface area (Å²) < 4.78 is 6.06. The molecule has 0 fully saturated rings. The highest BCUT2D eigenvalue weighted by Gasteiger charge is 2.23. The highest BCUT2D eigenvalue weighted by molar-refractivity contribution is 5.97. The molecule has 82 valence electrons. The van der Waals surface area contributed by atoms with Crippen LogP contribution >= 0.6 is 0 Å². The zero-order valence-corrected chi connectivity index (χ0v) is 9.27. The van der Waals surface area contributed by atoms with Crippen LogP contribution in [0.15, 0.2) is 6.20 Å². The number of ether oxygens (including phenoxy) is 1. The van der Waals surface area contributed by atoms with Crippen molar-refractivity contribution in [3.8, 4) is 0 Å². The Bertz CT molecular complexity index is 388. The van der Waals surface area contributed by atoms with Gasteiger partial charge in [0, 0.05) is 0 Å². The first-order valence-corrected chi connectivity index (χ1v) is 4.53. The molecule has 5 nitrogen and oxygen atoms in total. The van der Waals surface area contributed by atoms with E-state index in [0.717, 1.165) is 0 Å². The van der Waals surface area contributed by atoms with Gasteiger partial charge in [0.1, 0.15) is 11.3 Å². The number of carbonyl (C=O) groups excluding carboxylic acids is 2. The fourth-order valence-electron chi connectivity index (χ4n) is 1.27. The summed E-state index contributed by atoms with van der Waals surface area (Å²) in [6.45, 7) is 5.69. The molecule has 0 saturated heterocycles. The SMILES string of the molecule is COC(=O)c1cnn(C(C)(C)C)c1C=O. The molecule has 0 radical (unpaired) electrons. The molecule has 0 N–H and O–H groups in total. The van der Waals surface area contributed by atoms with E-state index in [1.807, 2.05) is 20.8 Å². The highest BCUT2D eigenvalue weighted by atomic mass is 16.5. The van der Waals surface area contributed by atoms with Gasteiger partial charge in [0.2, 0.25) is 0 Å². The van der Waals surface area contributed by atoms with E-state index in [0.29, 0.717) is 6.29 Å². The predicted octanol–water partition coefficient (Wildman–Crippen LogP) is 1.24. The minimum absolute atomic E-state index is 0.197. The number of hydrogen-bond donors (Lipinski definition) is 0. The Morgan fingerprint density at radius 2 is 2.13 bits per heavy atom. The Morgan fingerprint density at radius 1 is 1.53 bits per heavy atom. The van der Waals surface area contributed by atoms with Gasteiger partial charge < -0.3 is 4.74 Å². The molecule has 0 aliphatic carbocycles. The molecule has 0 aliphatic rings. The van der Waals surface area contributed by atoms with Crippen molar-refractivity contribution in [1.82, 2.24) is 9.78 Å². The molecular weight excluding hydrogens is 196 g/mol. The van der Waals surface area contributed by atoms with E-state index in [4.69, 9.17) is 0 Å². The van der Waals surface area contributed by atoms with Crippen LogP contribution in [-0.2, 0) is 10.3 Å². The summed E-state index contributed by atoms with van der Waals surface area (Å²) in [6.07, 6.45) is 1.96. The highest BCUT2D eigenvalue weighted by Crippen LogP contribution is 2.18.